The van der Waals surface area contributed by atoms with Crippen LogP contribution in [0.3, 0.4) is 0 Å². The molecule has 11 nitrogen and oxygen atoms in total. The molecule has 0 aliphatic carbocycles. The number of hydrogen-bond donors (Lipinski definition) is 1. The van der Waals surface area contributed by atoms with Crippen molar-refractivity contribution < 1.29 is 23.1 Å². The molecule has 4 aromatic rings. The molecule has 1 aromatic carbocycles. The van der Waals surface area contributed by atoms with Gasteiger partial charge < -0.3 is 19.2 Å². The molecule has 0 aliphatic rings. The first-order valence-electron chi connectivity index (χ1n) is 14.4. The van der Waals surface area contributed by atoms with Crippen molar-refractivity contribution in [1.82, 2.24) is 24.7 Å². The third-order valence-electron chi connectivity index (χ3n) is 7.23. The van der Waals surface area contributed by atoms with Crippen LogP contribution in [0, 0.1) is 24.1 Å². The first-order valence-corrected chi connectivity index (χ1v) is 21.9. The first-order chi connectivity index (χ1) is 21.8. The zero-order chi connectivity index (χ0) is 33.6. The summed E-state index contributed by atoms with van der Waals surface area (Å²) in [5.41, 5.74) is 2.03. The molecule has 0 aliphatic heterocycles. The zero-order valence-electron chi connectivity index (χ0n) is 26.8. The Morgan fingerprint density at radius 2 is 1.87 bits per heavy atom. The number of anilines is 1. The highest BCUT2D eigenvalue weighted by molar-refractivity contribution is 8.21. The molecule has 3 heterocycles. The summed E-state index contributed by atoms with van der Waals surface area (Å²) in [7, 11) is -3.50. The van der Waals surface area contributed by atoms with Crippen LogP contribution in [0.25, 0.3) is 16.7 Å². The summed E-state index contributed by atoms with van der Waals surface area (Å²) < 4.78 is 34.3. The standard InChI is InChI=1S/C31H37FN7O4P2Si/c1-21-9-11-23(32)15-25(21)39-28-24(18-37-39)30(36-20-35-28)43-26(29(40)38-27-12-10-22(16-33)17-34-27)19-41-13-14-42-46(44(5)6,45(7)8)31(2,3)4/h9-12,15,17-18,20,26H,5,7,13-14,19H2,1-4,6,8H3/q+1/p+1. The highest BCUT2D eigenvalue weighted by atomic mass is 31.6. The number of hydrogen-bond acceptors (Lipinski definition) is 9. The number of aromatic nitrogens is 5. The molecule has 1 N–H and O–H groups in total. The van der Waals surface area contributed by atoms with E-state index in [2.05, 4.69) is 72.1 Å². The normalized spacial score (nSPS) is 14.2. The average Bonchev–Trinajstić information content (AvgIpc) is 3.43. The fraction of sp³-hybridized carbons (Fsp3) is 0.355. The summed E-state index contributed by atoms with van der Waals surface area (Å²) in [5, 5.41) is 16.6. The number of carbonyl (C=O) groups is 1. The summed E-state index contributed by atoms with van der Waals surface area (Å²) in [5.74, 6) is -0.619. The third kappa shape index (κ3) is 7.55. The predicted octanol–water partition coefficient (Wildman–Crippen LogP) is 5.78. The van der Waals surface area contributed by atoms with Crippen LogP contribution >= 0.6 is 14.2 Å². The van der Waals surface area contributed by atoms with Gasteiger partial charge in [0, 0.05) is 6.20 Å². The molecule has 4 rings (SSSR count). The Labute approximate surface area is 270 Å². The van der Waals surface area contributed by atoms with Crippen molar-refractivity contribution in [3.05, 3.63) is 66.0 Å². The van der Waals surface area contributed by atoms with Crippen molar-refractivity contribution in [2.45, 2.75) is 38.8 Å². The fourth-order valence-corrected chi connectivity index (χ4v) is 25.1. The number of amides is 1. The maximum atomic E-state index is 14.1. The van der Waals surface area contributed by atoms with Gasteiger partial charge in [-0.15, -0.1) is 0 Å². The number of fused-ring (bicyclic) bond motifs is 1. The van der Waals surface area contributed by atoms with E-state index in [0.29, 0.717) is 28.9 Å². The third-order valence-corrected chi connectivity index (χ3v) is 29.0. The Bertz CT molecular complexity index is 1790. The van der Waals surface area contributed by atoms with E-state index in [4.69, 9.17) is 19.2 Å². The van der Waals surface area contributed by atoms with Crippen LogP contribution in [0.5, 0.6) is 5.88 Å². The molecule has 15 heteroatoms. The van der Waals surface area contributed by atoms with Crippen molar-refractivity contribution in [3.63, 3.8) is 0 Å². The fourth-order valence-electron chi connectivity index (χ4n) is 5.25. The van der Waals surface area contributed by atoms with E-state index in [1.165, 1.54) is 41.6 Å². The van der Waals surface area contributed by atoms with Gasteiger partial charge in [-0.3, -0.25) is 4.79 Å². The Kier molecular flexibility index (Phi) is 11.1. The van der Waals surface area contributed by atoms with Crippen LogP contribution in [0.4, 0.5) is 10.2 Å². The van der Waals surface area contributed by atoms with Crippen LogP contribution in [-0.4, -0.2) is 90.1 Å². The van der Waals surface area contributed by atoms with Crippen molar-refractivity contribution in [1.29, 1.82) is 5.26 Å². The first kappa shape index (κ1) is 35.0. The SMILES string of the molecule is C=[P+](C)[Si](OCCOCC(Oc1ncnc2c1cnn2-c1cc(F)ccc1C)C(=O)Nc1ccc(C#N)cn1)([P+](=C)C)C(C)(C)C. The van der Waals surface area contributed by atoms with Crippen LogP contribution < -0.4 is 10.1 Å². The number of nitrogens with one attached hydrogen (secondary N) is 1. The number of pyridine rings is 1. The maximum absolute atomic E-state index is 14.1. The molecule has 1 amide bonds. The average molecular weight is 682 g/mol. The highest BCUT2D eigenvalue weighted by Crippen LogP contribution is 2.60. The van der Waals surface area contributed by atoms with Gasteiger partial charge in [-0.05, 0) is 36.8 Å². The molecule has 3 unspecified atom stereocenters. The van der Waals surface area contributed by atoms with E-state index < -0.39 is 39.7 Å². The Morgan fingerprint density at radius 1 is 1.13 bits per heavy atom. The number of benzene rings is 1. The Hall–Kier alpha value is -3.91. The minimum atomic E-state index is -2.30. The van der Waals surface area contributed by atoms with E-state index in [1.807, 2.05) is 13.0 Å². The summed E-state index contributed by atoms with van der Waals surface area (Å²) in [6.45, 7) is 13.2. The molecular formula is C31H38FN7O4P2Si+2. The van der Waals surface area contributed by atoms with Gasteiger partial charge >= 0.3 is 7.65 Å². The molecule has 0 spiro atoms. The quantitative estimate of drug-likeness (QED) is 0.106. The molecule has 3 aromatic heterocycles. The lowest BCUT2D eigenvalue weighted by Gasteiger charge is -2.27. The molecule has 0 fully saturated rings. The number of nitriles is 1. The molecule has 0 bridgehead atoms. The second-order valence-corrected chi connectivity index (χ2v) is 26.9. The monoisotopic (exact) mass is 681 g/mol. The molecule has 0 saturated carbocycles. The lowest BCUT2D eigenvalue weighted by molar-refractivity contribution is -0.125. The minimum absolute atomic E-state index is 0.0517. The zero-order valence-corrected chi connectivity index (χ0v) is 29.6. The lowest BCUT2D eigenvalue weighted by Crippen LogP contribution is -2.42. The van der Waals surface area contributed by atoms with E-state index in [-0.39, 0.29) is 29.9 Å². The number of halogens is 1. The van der Waals surface area contributed by atoms with Crippen LogP contribution in [0.1, 0.15) is 31.9 Å². The smallest absolute Gasteiger partial charge is 0.461 e. The second-order valence-electron chi connectivity index (χ2n) is 11.7. The summed E-state index contributed by atoms with van der Waals surface area (Å²) in [6.07, 6.45) is 11.8. The van der Waals surface area contributed by atoms with Crippen molar-refractivity contribution in [3.8, 4) is 17.6 Å². The predicted molar refractivity (Wildman–Crippen MR) is 186 cm³/mol. The number of ether oxygens (including phenoxy) is 2. The van der Waals surface area contributed by atoms with Gasteiger partial charge in [0.2, 0.25) is 12.0 Å². The molecular weight excluding hydrogens is 643 g/mol. The van der Waals surface area contributed by atoms with Gasteiger partial charge in [0.1, 0.15) is 43.6 Å². The van der Waals surface area contributed by atoms with Gasteiger partial charge in [0.05, 0.1) is 68.2 Å². The highest BCUT2D eigenvalue weighted by Gasteiger charge is 2.70. The van der Waals surface area contributed by atoms with Gasteiger partial charge in [-0.25, -0.2) is 24.0 Å². The maximum Gasteiger partial charge on any atom is 0.662 e. The number of carbonyl (C=O) groups excluding carboxylic acids is 1. The molecule has 3 atom stereocenters. The number of rotatable bonds is 13. The largest absolute Gasteiger partial charge is 0.662 e. The van der Waals surface area contributed by atoms with Gasteiger partial charge in [-0.1, -0.05) is 26.8 Å². The van der Waals surface area contributed by atoms with Gasteiger partial charge in [0.15, 0.2) is 5.65 Å². The van der Waals surface area contributed by atoms with E-state index in [1.54, 1.807) is 12.1 Å². The Balaban J connectivity index is 1.56. The summed E-state index contributed by atoms with van der Waals surface area (Å²) in [6, 6.07) is 9.46. The van der Waals surface area contributed by atoms with Crippen molar-refractivity contribution >= 4 is 57.2 Å². The number of aryl methyl sites for hydroxylation is 1. The molecule has 240 valence electrons. The topological polar surface area (TPSA) is 137 Å². The molecule has 0 radical (unpaired) electrons. The van der Waals surface area contributed by atoms with Crippen LogP contribution in [0.15, 0.2) is 49.1 Å². The van der Waals surface area contributed by atoms with E-state index in [0.717, 1.165) is 5.56 Å². The number of nitrogens with zero attached hydrogens (tertiary/aromatic N) is 6. The van der Waals surface area contributed by atoms with Gasteiger partial charge in [-0.2, -0.15) is 10.4 Å². The second kappa shape index (κ2) is 14.7. The van der Waals surface area contributed by atoms with E-state index >= 15 is 0 Å². The van der Waals surface area contributed by atoms with Crippen molar-refractivity contribution in [2.75, 3.05) is 38.5 Å². The van der Waals surface area contributed by atoms with Crippen molar-refractivity contribution in [2.24, 2.45) is 0 Å². The van der Waals surface area contributed by atoms with Gasteiger partial charge in [0.25, 0.3) is 5.91 Å². The van der Waals surface area contributed by atoms with Crippen LogP contribution in [-0.2, 0) is 14.0 Å². The Morgan fingerprint density at radius 3 is 2.50 bits per heavy atom. The molecule has 0 saturated heterocycles. The van der Waals surface area contributed by atoms with E-state index in [9.17, 15) is 9.18 Å². The lowest BCUT2D eigenvalue weighted by atomic mass is 10.2. The molecule has 46 heavy (non-hydrogen) atoms. The summed E-state index contributed by atoms with van der Waals surface area (Å²) in [4.78, 5) is 26.2. The summed E-state index contributed by atoms with van der Waals surface area (Å²) >= 11 is 0. The van der Waals surface area contributed by atoms with Crippen LogP contribution in [0.2, 0.25) is 5.04 Å². The minimum Gasteiger partial charge on any atom is -0.461 e.